The Bertz CT molecular complexity index is 167. The van der Waals surface area contributed by atoms with Gasteiger partial charge in [0.25, 0.3) is 0 Å². The number of rotatable bonds is 5. The molecule has 0 aliphatic heterocycles. The van der Waals surface area contributed by atoms with E-state index >= 15 is 0 Å². The van der Waals surface area contributed by atoms with E-state index in [4.69, 9.17) is 5.11 Å². The standard InChI is InChI=1S/C9H18N2O2/c1-2-11-9(13)6-10-5-7-3-8(12)4-7/h7-8,10,12H,2-6H2,1H3,(H,11,13). The topological polar surface area (TPSA) is 61.4 Å². The Morgan fingerprint density at radius 3 is 2.77 bits per heavy atom. The second kappa shape index (κ2) is 5.19. The van der Waals surface area contributed by atoms with Gasteiger partial charge in [0.2, 0.25) is 5.91 Å². The van der Waals surface area contributed by atoms with E-state index in [0.29, 0.717) is 19.0 Å². The van der Waals surface area contributed by atoms with Crippen molar-refractivity contribution in [3.63, 3.8) is 0 Å². The fourth-order valence-corrected chi connectivity index (χ4v) is 1.52. The van der Waals surface area contributed by atoms with Gasteiger partial charge in [-0.15, -0.1) is 0 Å². The van der Waals surface area contributed by atoms with Crippen LogP contribution in [0.4, 0.5) is 0 Å². The number of hydrogen-bond acceptors (Lipinski definition) is 3. The summed E-state index contributed by atoms with van der Waals surface area (Å²) in [4.78, 5) is 11.0. The summed E-state index contributed by atoms with van der Waals surface area (Å²) in [5, 5.41) is 14.8. The molecule has 0 saturated heterocycles. The van der Waals surface area contributed by atoms with Crippen LogP contribution >= 0.6 is 0 Å². The molecule has 1 aliphatic carbocycles. The Labute approximate surface area is 78.7 Å². The zero-order valence-corrected chi connectivity index (χ0v) is 8.05. The molecule has 0 aromatic heterocycles. The fraction of sp³-hybridized carbons (Fsp3) is 0.889. The number of nitrogens with one attached hydrogen (secondary N) is 2. The second-order valence-electron chi connectivity index (χ2n) is 3.58. The summed E-state index contributed by atoms with van der Waals surface area (Å²) >= 11 is 0. The number of hydrogen-bond donors (Lipinski definition) is 3. The van der Waals surface area contributed by atoms with Gasteiger partial charge in [-0.05, 0) is 32.2 Å². The molecule has 0 spiro atoms. The van der Waals surface area contributed by atoms with Gasteiger partial charge in [0, 0.05) is 6.54 Å². The minimum atomic E-state index is -0.101. The van der Waals surface area contributed by atoms with E-state index in [2.05, 4.69) is 10.6 Å². The molecule has 1 rings (SSSR count). The minimum Gasteiger partial charge on any atom is -0.393 e. The smallest absolute Gasteiger partial charge is 0.233 e. The summed E-state index contributed by atoms with van der Waals surface area (Å²) in [5.41, 5.74) is 0. The molecule has 0 aromatic carbocycles. The summed E-state index contributed by atoms with van der Waals surface area (Å²) in [5.74, 6) is 0.604. The predicted octanol–water partition coefficient (Wildman–Crippen LogP) is -0.517. The zero-order valence-electron chi connectivity index (χ0n) is 8.05. The van der Waals surface area contributed by atoms with Crippen molar-refractivity contribution in [2.24, 2.45) is 5.92 Å². The van der Waals surface area contributed by atoms with E-state index in [9.17, 15) is 4.79 Å². The largest absolute Gasteiger partial charge is 0.393 e. The maximum absolute atomic E-state index is 11.0. The maximum Gasteiger partial charge on any atom is 0.233 e. The van der Waals surface area contributed by atoms with Gasteiger partial charge in [-0.25, -0.2) is 0 Å². The van der Waals surface area contributed by atoms with E-state index < -0.39 is 0 Å². The van der Waals surface area contributed by atoms with Crippen molar-refractivity contribution in [2.75, 3.05) is 19.6 Å². The third-order valence-electron chi connectivity index (χ3n) is 2.30. The molecule has 76 valence electrons. The molecule has 0 unspecified atom stereocenters. The molecule has 4 heteroatoms. The van der Waals surface area contributed by atoms with Crippen LogP contribution in [0, 0.1) is 5.92 Å². The van der Waals surface area contributed by atoms with Gasteiger partial charge in [-0.3, -0.25) is 4.79 Å². The van der Waals surface area contributed by atoms with Crippen molar-refractivity contribution >= 4 is 5.91 Å². The molecular weight excluding hydrogens is 168 g/mol. The highest BCUT2D eigenvalue weighted by atomic mass is 16.3. The molecule has 0 heterocycles. The van der Waals surface area contributed by atoms with Gasteiger partial charge < -0.3 is 15.7 Å². The number of carbonyl (C=O) groups excluding carboxylic acids is 1. The number of aliphatic hydroxyl groups excluding tert-OH is 1. The number of carbonyl (C=O) groups is 1. The molecule has 1 aliphatic rings. The second-order valence-corrected chi connectivity index (χ2v) is 3.58. The summed E-state index contributed by atoms with van der Waals surface area (Å²) < 4.78 is 0. The number of aliphatic hydroxyl groups is 1. The van der Waals surface area contributed by atoms with Crippen LogP contribution in [0.15, 0.2) is 0 Å². The summed E-state index contributed by atoms with van der Waals surface area (Å²) in [6.45, 7) is 3.82. The van der Waals surface area contributed by atoms with Crippen LogP contribution < -0.4 is 10.6 Å². The molecule has 1 fully saturated rings. The molecule has 1 amide bonds. The Morgan fingerprint density at radius 2 is 2.23 bits per heavy atom. The lowest BCUT2D eigenvalue weighted by molar-refractivity contribution is -0.120. The Balaban J connectivity index is 1.92. The van der Waals surface area contributed by atoms with E-state index in [0.717, 1.165) is 19.4 Å². The van der Waals surface area contributed by atoms with Crippen LogP contribution in [-0.4, -0.2) is 36.8 Å². The highest BCUT2D eigenvalue weighted by Gasteiger charge is 2.26. The molecule has 0 bridgehead atoms. The first-order valence-corrected chi connectivity index (χ1v) is 4.87. The SMILES string of the molecule is CCNC(=O)CNCC1CC(O)C1. The minimum absolute atomic E-state index is 0.0439. The summed E-state index contributed by atoms with van der Waals surface area (Å²) in [6, 6.07) is 0. The van der Waals surface area contributed by atoms with E-state index in [-0.39, 0.29) is 12.0 Å². The normalized spacial score (nSPS) is 26.6. The summed E-state index contributed by atoms with van der Waals surface area (Å²) in [7, 11) is 0. The van der Waals surface area contributed by atoms with Crippen LogP contribution in [0.3, 0.4) is 0 Å². The Kier molecular flexibility index (Phi) is 4.18. The monoisotopic (exact) mass is 186 g/mol. The van der Waals surface area contributed by atoms with Crippen molar-refractivity contribution in [1.82, 2.24) is 10.6 Å². The third kappa shape index (κ3) is 3.74. The quantitative estimate of drug-likeness (QED) is 0.541. The van der Waals surface area contributed by atoms with E-state index in [1.54, 1.807) is 0 Å². The lowest BCUT2D eigenvalue weighted by Gasteiger charge is -2.31. The number of amides is 1. The molecule has 1 saturated carbocycles. The van der Waals surface area contributed by atoms with Crippen LogP contribution in [-0.2, 0) is 4.79 Å². The van der Waals surface area contributed by atoms with Gasteiger partial charge in [0.15, 0.2) is 0 Å². The molecule has 0 atom stereocenters. The average Bonchev–Trinajstić information content (AvgIpc) is 2.01. The average molecular weight is 186 g/mol. The highest BCUT2D eigenvalue weighted by Crippen LogP contribution is 2.25. The first kappa shape index (κ1) is 10.5. The Morgan fingerprint density at radius 1 is 1.54 bits per heavy atom. The first-order valence-electron chi connectivity index (χ1n) is 4.87. The lowest BCUT2D eigenvalue weighted by Crippen LogP contribution is -2.40. The number of likely N-dealkylation sites (N-methyl/N-ethyl adjacent to an activating group) is 1. The van der Waals surface area contributed by atoms with Crippen LogP contribution in [0.1, 0.15) is 19.8 Å². The van der Waals surface area contributed by atoms with Crippen LogP contribution in [0.2, 0.25) is 0 Å². The van der Waals surface area contributed by atoms with Gasteiger partial charge in [-0.1, -0.05) is 0 Å². The molecule has 0 aromatic rings. The van der Waals surface area contributed by atoms with E-state index in [1.165, 1.54) is 0 Å². The van der Waals surface area contributed by atoms with Gasteiger partial charge >= 0.3 is 0 Å². The van der Waals surface area contributed by atoms with Crippen LogP contribution in [0.5, 0.6) is 0 Å². The predicted molar refractivity (Wildman–Crippen MR) is 50.3 cm³/mol. The molecule has 13 heavy (non-hydrogen) atoms. The third-order valence-corrected chi connectivity index (χ3v) is 2.30. The van der Waals surface area contributed by atoms with Crippen molar-refractivity contribution in [2.45, 2.75) is 25.9 Å². The van der Waals surface area contributed by atoms with Crippen molar-refractivity contribution in [3.05, 3.63) is 0 Å². The fourth-order valence-electron chi connectivity index (χ4n) is 1.52. The van der Waals surface area contributed by atoms with Gasteiger partial charge in [-0.2, -0.15) is 0 Å². The van der Waals surface area contributed by atoms with Gasteiger partial charge in [0.1, 0.15) is 0 Å². The van der Waals surface area contributed by atoms with E-state index in [1.807, 2.05) is 6.92 Å². The van der Waals surface area contributed by atoms with Gasteiger partial charge in [0.05, 0.1) is 12.6 Å². The molecule has 0 radical (unpaired) electrons. The Hall–Kier alpha value is -0.610. The lowest BCUT2D eigenvalue weighted by atomic mass is 9.82. The maximum atomic E-state index is 11.0. The highest BCUT2D eigenvalue weighted by molar-refractivity contribution is 5.77. The molecule has 4 nitrogen and oxygen atoms in total. The van der Waals surface area contributed by atoms with Crippen molar-refractivity contribution < 1.29 is 9.90 Å². The van der Waals surface area contributed by atoms with Crippen LogP contribution in [0.25, 0.3) is 0 Å². The zero-order chi connectivity index (χ0) is 9.68. The molecule has 3 N–H and O–H groups in total. The van der Waals surface area contributed by atoms with Crippen molar-refractivity contribution in [1.29, 1.82) is 0 Å². The summed E-state index contributed by atoms with van der Waals surface area (Å²) in [6.07, 6.45) is 1.65. The first-order chi connectivity index (χ1) is 6.22. The van der Waals surface area contributed by atoms with Crippen molar-refractivity contribution in [3.8, 4) is 0 Å². The molecular formula is C9H18N2O2.